The van der Waals surface area contributed by atoms with Gasteiger partial charge >= 0.3 is 0 Å². The van der Waals surface area contributed by atoms with Crippen molar-refractivity contribution in [2.75, 3.05) is 53.4 Å². The van der Waals surface area contributed by atoms with Gasteiger partial charge in [0.2, 0.25) is 10.0 Å². The molecule has 1 N–H and O–H groups in total. The summed E-state index contributed by atoms with van der Waals surface area (Å²) in [4.78, 5) is 4.58. The van der Waals surface area contributed by atoms with Gasteiger partial charge in [0.25, 0.3) is 0 Å². The monoisotopic (exact) mass is 398 g/mol. The summed E-state index contributed by atoms with van der Waals surface area (Å²) in [6, 6.07) is 3.86. The van der Waals surface area contributed by atoms with Crippen molar-refractivity contribution in [3.63, 3.8) is 0 Å². The van der Waals surface area contributed by atoms with E-state index in [2.05, 4.69) is 10.2 Å². The minimum atomic E-state index is -3.48. The Morgan fingerprint density at radius 3 is 2.15 bits per heavy atom. The molecule has 26 heavy (non-hydrogen) atoms. The Morgan fingerprint density at radius 2 is 1.65 bits per heavy atom. The lowest BCUT2D eigenvalue weighted by molar-refractivity contribution is 0.263. The lowest BCUT2D eigenvalue weighted by Gasteiger charge is -2.36. The summed E-state index contributed by atoms with van der Waals surface area (Å²) in [5, 5.41) is 3.94. The van der Waals surface area contributed by atoms with Gasteiger partial charge in [-0.1, -0.05) is 17.7 Å². The number of hydrogen-bond acceptors (Lipinski definition) is 4. The fourth-order valence-corrected chi connectivity index (χ4v) is 5.45. The fourth-order valence-electron chi connectivity index (χ4n) is 3.33. The number of likely N-dealkylation sites (N-methyl/N-ethyl adjacent to an activating group) is 1. The molecule has 2 rings (SSSR count). The normalized spacial score (nSPS) is 16.2. The number of thiocarbonyl (C=S) groups is 1. The third-order valence-electron chi connectivity index (χ3n) is 4.56. The number of piperazine rings is 1. The minimum absolute atomic E-state index is 0.447. The zero-order chi connectivity index (χ0) is 19.5. The van der Waals surface area contributed by atoms with Gasteiger partial charge in [-0.25, -0.2) is 8.42 Å². The van der Waals surface area contributed by atoms with Gasteiger partial charge in [-0.05, 0) is 58.2 Å². The van der Waals surface area contributed by atoms with Crippen molar-refractivity contribution in [2.24, 2.45) is 0 Å². The van der Waals surface area contributed by atoms with Crippen LogP contribution in [0.3, 0.4) is 0 Å². The molecular formula is C18H30N4O2S2. The molecule has 0 aliphatic carbocycles. The summed E-state index contributed by atoms with van der Waals surface area (Å²) in [6.45, 7) is 9.52. The average molecular weight is 399 g/mol. The maximum absolute atomic E-state index is 13.1. The molecule has 0 bridgehead atoms. The Labute approximate surface area is 163 Å². The Hall–Kier alpha value is -1.22. The van der Waals surface area contributed by atoms with E-state index in [-0.39, 0.29) is 0 Å². The van der Waals surface area contributed by atoms with Crippen LogP contribution in [0, 0.1) is 20.8 Å². The Kier molecular flexibility index (Phi) is 7.01. The summed E-state index contributed by atoms with van der Waals surface area (Å²) in [5.41, 5.74) is 2.70. The molecule has 0 radical (unpaired) electrons. The summed E-state index contributed by atoms with van der Waals surface area (Å²) < 4.78 is 27.8. The number of nitrogens with zero attached hydrogens (tertiary/aromatic N) is 3. The lowest BCUT2D eigenvalue weighted by Crippen LogP contribution is -2.53. The van der Waals surface area contributed by atoms with Crippen molar-refractivity contribution in [3.05, 3.63) is 28.8 Å². The number of aryl methyl sites for hydroxylation is 3. The van der Waals surface area contributed by atoms with Crippen molar-refractivity contribution in [2.45, 2.75) is 25.7 Å². The number of rotatable bonds is 5. The third kappa shape index (κ3) is 4.94. The molecule has 146 valence electrons. The van der Waals surface area contributed by atoms with Crippen LogP contribution in [-0.2, 0) is 10.0 Å². The van der Waals surface area contributed by atoms with Crippen molar-refractivity contribution in [1.82, 2.24) is 19.4 Å². The van der Waals surface area contributed by atoms with E-state index < -0.39 is 10.0 Å². The molecule has 0 saturated carbocycles. The van der Waals surface area contributed by atoms with E-state index in [9.17, 15) is 8.42 Å². The maximum Gasteiger partial charge on any atom is 0.243 e. The van der Waals surface area contributed by atoms with E-state index >= 15 is 0 Å². The van der Waals surface area contributed by atoms with Crippen LogP contribution in [0.25, 0.3) is 0 Å². The molecule has 1 aliphatic heterocycles. The van der Waals surface area contributed by atoms with Crippen LogP contribution in [0.2, 0.25) is 0 Å². The minimum Gasteiger partial charge on any atom is -0.361 e. The highest BCUT2D eigenvalue weighted by Crippen LogP contribution is 2.26. The zero-order valence-electron chi connectivity index (χ0n) is 16.4. The smallest absolute Gasteiger partial charge is 0.243 e. The first-order valence-corrected chi connectivity index (χ1v) is 10.7. The van der Waals surface area contributed by atoms with Crippen LogP contribution in [0.4, 0.5) is 0 Å². The number of hydrogen-bond donors (Lipinski definition) is 1. The van der Waals surface area contributed by atoms with Crippen LogP contribution in [-0.4, -0.2) is 81.0 Å². The zero-order valence-corrected chi connectivity index (χ0v) is 18.0. The molecule has 1 aromatic rings. The van der Waals surface area contributed by atoms with Crippen molar-refractivity contribution in [3.8, 4) is 0 Å². The summed E-state index contributed by atoms with van der Waals surface area (Å²) in [5.74, 6) is 0. The quantitative estimate of drug-likeness (QED) is 0.756. The van der Waals surface area contributed by atoms with Gasteiger partial charge in [-0.15, -0.1) is 0 Å². The number of sulfonamides is 1. The van der Waals surface area contributed by atoms with Crippen molar-refractivity contribution < 1.29 is 8.42 Å². The van der Waals surface area contributed by atoms with Gasteiger partial charge in [0.1, 0.15) is 0 Å². The molecule has 1 aliphatic rings. The standard InChI is InChI=1S/C18H30N4O2S2/c1-14-12-15(2)17(16(3)13-14)26(23,24)22-10-8-21(9-11-22)18(25)19-6-7-20(4)5/h12-13H,6-11H2,1-5H3,(H,19,25). The van der Waals surface area contributed by atoms with E-state index in [1.54, 1.807) is 4.31 Å². The molecule has 1 heterocycles. The van der Waals surface area contributed by atoms with Crippen molar-refractivity contribution >= 4 is 27.4 Å². The third-order valence-corrected chi connectivity index (χ3v) is 7.17. The summed E-state index contributed by atoms with van der Waals surface area (Å²) in [7, 11) is 0.553. The van der Waals surface area contributed by atoms with E-state index in [4.69, 9.17) is 12.2 Å². The molecule has 8 heteroatoms. The average Bonchev–Trinajstić information content (AvgIpc) is 2.53. The first-order valence-electron chi connectivity index (χ1n) is 8.88. The van der Waals surface area contributed by atoms with Gasteiger partial charge in [0.05, 0.1) is 4.90 Å². The van der Waals surface area contributed by atoms with Crippen LogP contribution >= 0.6 is 12.2 Å². The van der Waals surface area contributed by atoms with Crippen molar-refractivity contribution in [1.29, 1.82) is 0 Å². The molecule has 0 amide bonds. The predicted molar refractivity (Wildman–Crippen MR) is 110 cm³/mol. The molecule has 1 aromatic carbocycles. The van der Waals surface area contributed by atoms with Gasteiger partial charge in [0, 0.05) is 39.3 Å². The molecular weight excluding hydrogens is 368 g/mol. The molecule has 0 aromatic heterocycles. The van der Waals surface area contributed by atoms with E-state index in [1.807, 2.05) is 51.9 Å². The maximum atomic E-state index is 13.1. The first-order chi connectivity index (χ1) is 12.1. The predicted octanol–water partition coefficient (Wildman–Crippen LogP) is 1.35. The Bertz CT molecular complexity index is 731. The molecule has 0 spiro atoms. The highest BCUT2D eigenvalue weighted by atomic mass is 32.2. The van der Waals surface area contributed by atoms with Gasteiger partial charge in [-0.3, -0.25) is 0 Å². The summed E-state index contributed by atoms with van der Waals surface area (Å²) >= 11 is 5.44. The van der Waals surface area contributed by atoms with Crippen LogP contribution in [0.15, 0.2) is 17.0 Å². The number of benzene rings is 1. The summed E-state index contributed by atoms with van der Waals surface area (Å²) in [6.07, 6.45) is 0. The second-order valence-electron chi connectivity index (χ2n) is 7.15. The highest BCUT2D eigenvalue weighted by Gasteiger charge is 2.31. The van der Waals surface area contributed by atoms with E-state index in [1.165, 1.54) is 0 Å². The van der Waals surface area contributed by atoms with Crippen LogP contribution in [0.5, 0.6) is 0 Å². The lowest BCUT2D eigenvalue weighted by atomic mass is 10.1. The fraction of sp³-hybridized carbons (Fsp3) is 0.611. The molecule has 1 saturated heterocycles. The van der Waals surface area contributed by atoms with E-state index in [0.29, 0.717) is 36.2 Å². The van der Waals surface area contributed by atoms with Gasteiger partial charge in [0.15, 0.2) is 5.11 Å². The van der Waals surface area contributed by atoms with E-state index in [0.717, 1.165) is 29.8 Å². The molecule has 0 atom stereocenters. The molecule has 6 nitrogen and oxygen atoms in total. The second-order valence-corrected chi connectivity index (χ2v) is 9.42. The second kappa shape index (κ2) is 8.65. The van der Waals surface area contributed by atoms with Crippen LogP contribution < -0.4 is 5.32 Å². The first kappa shape index (κ1) is 21.1. The topological polar surface area (TPSA) is 55.9 Å². The number of nitrogens with one attached hydrogen (secondary N) is 1. The SMILES string of the molecule is Cc1cc(C)c(S(=O)(=O)N2CCN(C(=S)NCCN(C)C)CC2)c(C)c1. The molecule has 0 unspecified atom stereocenters. The highest BCUT2D eigenvalue weighted by molar-refractivity contribution is 7.89. The van der Waals surface area contributed by atoms with Crippen LogP contribution in [0.1, 0.15) is 16.7 Å². The Balaban J connectivity index is 2.02. The van der Waals surface area contributed by atoms with Gasteiger partial charge in [-0.2, -0.15) is 4.31 Å². The largest absolute Gasteiger partial charge is 0.361 e. The van der Waals surface area contributed by atoms with Gasteiger partial charge < -0.3 is 15.1 Å². The molecule has 1 fully saturated rings. The Morgan fingerprint density at radius 1 is 1.12 bits per heavy atom.